The third-order valence-electron chi connectivity index (χ3n) is 4.36. The van der Waals surface area contributed by atoms with E-state index in [9.17, 15) is 4.79 Å². The van der Waals surface area contributed by atoms with Gasteiger partial charge in [-0.25, -0.2) is 0 Å². The Balaban J connectivity index is 1.87. The number of likely N-dealkylation sites (N-methyl/N-ethyl adjacent to an activating group) is 1. The molecule has 0 bridgehead atoms. The molecule has 2 rings (SSSR count). The summed E-state index contributed by atoms with van der Waals surface area (Å²) in [4.78, 5) is 14.4. The zero-order valence-corrected chi connectivity index (χ0v) is 12.3. The van der Waals surface area contributed by atoms with Crippen LogP contribution in [0, 0.1) is 0 Å². The molecule has 1 atom stereocenters. The summed E-state index contributed by atoms with van der Waals surface area (Å²) in [6.45, 7) is 0.793. The average molecular weight is 271 g/mol. The fourth-order valence-corrected chi connectivity index (χ4v) is 3.87. The molecule has 1 aliphatic heterocycles. The van der Waals surface area contributed by atoms with Gasteiger partial charge in [0.2, 0.25) is 5.91 Å². The van der Waals surface area contributed by atoms with E-state index < -0.39 is 0 Å². The molecule has 5 heteroatoms. The van der Waals surface area contributed by atoms with E-state index in [0.29, 0.717) is 0 Å². The highest BCUT2D eigenvalue weighted by atomic mass is 32.2. The second kappa shape index (κ2) is 6.26. The second-order valence-electron chi connectivity index (χ2n) is 5.67. The average Bonchev–Trinajstić information content (AvgIpc) is 2.91. The minimum atomic E-state index is 0.0119. The van der Waals surface area contributed by atoms with E-state index in [4.69, 9.17) is 0 Å². The first kappa shape index (κ1) is 14.2. The van der Waals surface area contributed by atoms with Crippen LogP contribution in [0.25, 0.3) is 0 Å². The lowest BCUT2D eigenvalue weighted by Crippen LogP contribution is -2.55. The van der Waals surface area contributed by atoms with Gasteiger partial charge in [0, 0.05) is 23.7 Å². The van der Waals surface area contributed by atoms with Gasteiger partial charge in [-0.2, -0.15) is 0 Å². The summed E-state index contributed by atoms with van der Waals surface area (Å²) in [6, 6.07) is 0.0119. The molecule has 0 spiro atoms. The van der Waals surface area contributed by atoms with Gasteiger partial charge >= 0.3 is 0 Å². The van der Waals surface area contributed by atoms with Crippen molar-refractivity contribution in [3.05, 3.63) is 0 Å². The quantitative estimate of drug-likeness (QED) is 0.801. The van der Waals surface area contributed by atoms with Gasteiger partial charge in [-0.1, -0.05) is 19.3 Å². The van der Waals surface area contributed by atoms with Crippen LogP contribution in [0.5, 0.6) is 0 Å². The molecule has 1 heterocycles. The molecule has 0 aromatic carbocycles. The highest BCUT2D eigenvalue weighted by Crippen LogP contribution is 2.31. The summed E-state index contributed by atoms with van der Waals surface area (Å²) in [5, 5.41) is 6.38. The molecule has 0 radical (unpaired) electrons. The molecular formula is C13H25N3OS. The molecular weight excluding hydrogens is 246 g/mol. The Morgan fingerprint density at radius 3 is 2.67 bits per heavy atom. The van der Waals surface area contributed by atoms with Crippen LogP contribution >= 0.6 is 11.8 Å². The van der Waals surface area contributed by atoms with E-state index in [0.717, 1.165) is 18.2 Å². The van der Waals surface area contributed by atoms with E-state index in [-0.39, 0.29) is 17.5 Å². The van der Waals surface area contributed by atoms with Gasteiger partial charge in [0.1, 0.15) is 0 Å². The van der Waals surface area contributed by atoms with Crippen LogP contribution in [-0.4, -0.2) is 54.7 Å². The van der Waals surface area contributed by atoms with Crippen LogP contribution in [0.3, 0.4) is 0 Å². The summed E-state index contributed by atoms with van der Waals surface area (Å²) in [7, 11) is 4.28. The maximum Gasteiger partial charge on any atom is 0.238 e. The summed E-state index contributed by atoms with van der Waals surface area (Å²) in [6.07, 6.45) is 6.31. The third kappa shape index (κ3) is 3.19. The van der Waals surface area contributed by atoms with Crippen LogP contribution in [-0.2, 0) is 4.79 Å². The molecule has 2 aliphatic rings. The zero-order chi connectivity index (χ0) is 13.0. The van der Waals surface area contributed by atoms with E-state index in [1.807, 2.05) is 0 Å². The number of hydrogen-bond acceptors (Lipinski definition) is 4. The van der Waals surface area contributed by atoms with Crippen molar-refractivity contribution in [3.8, 4) is 0 Å². The van der Waals surface area contributed by atoms with E-state index in [2.05, 4.69) is 29.6 Å². The van der Waals surface area contributed by atoms with Gasteiger partial charge in [-0.05, 0) is 26.9 Å². The SMILES string of the molecule is CN(C)C1(CNC(=O)C2CSCN2)CCCCC1. The Labute approximate surface area is 114 Å². The molecule has 104 valence electrons. The molecule has 0 aromatic rings. The Kier molecular flexibility index (Phi) is 4.92. The van der Waals surface area contributed by atoms with Crippen molar-refractivity contribution < 1.29 is 4.79 Å². The minimum Gasteiger partial charge on any atom is -0.353 e. The van der Waals surface area contributed by atoms with E-state index in [1.54, 1.807) is 11.8 Å². The minimum absolute atomic E-state index is 0.0119. The smallest absolute Gasteiger partial charge is 0.238 e. The topological polar surface area (TPSA) is 44.4 Å². The van der Waals surface area contributed by atoms with E-state index >= 15 is 0 Å². The van der Waals surface area contributed by atoms with Crippen molar-refractivity contribution in [1.82, 2.24) is 15.5 Å². The molecule has 2 N–H and O–H groups in total. The summed E-state index contributed by atoms with van der Waals surface area (Å²) in [5.74, 6) is 1.98. The van der Waals surface area contributed by atoms with Gasteiger partial charge in [-0.15, -0.1) is 11.8 Å². The van der Waals surface area contributed by atoms with Crippen molar-refractivity contribution in [3.63, 3.8) is 0 Å². The highest BCUT2D eigenvalue weighted by molar-refractivity contribution is 7.99. The molecule has 4 nitrogen and oxygen atoms in total. The van der Waals surface area contributed by atoms with Crippen molar-refractivity contribution in [1.29, 1.82) is 0 Å². The first-order valence-corrected chi connectivity index (χ1v) is 8.06. The van der Waals surface area contributed by atoms with Crippen LogP contribution < -0.4 is 10.6 Å². The normalized spacial score (nSPS) is 27.4. The number of nitrogens with zero attached hydrogens (tertiary/aromatic N) is 1. The predicted octanol–water partition coefficient (Wildman–Crippen LogP) is 1.03. The Bertz CT molecular complexity index is 284. The van der Waals surface area contributed by atoms with Crippen molar-refractivity contribution in [2.45, 2.75) is 43.7 Å². The number of rotatable bonds is 4. The number of nitrogens with one attached hydrogen (secondary N) is 2. The maximum atomic E-state index is 12.0. The van der Waals surface area contributed by atoms with Gasteiger partial charge in [0.15, 0.2) is 0 Å². The highest BCUT2D eigenvalue weighted by Gasteiger charge is 2.35. The van der Waals surface area contributed by atoms with Crippen LogP contribution in [0.4, 0.5) is 0 Å². The fraction of sp³-hybridized carbons (Fsp3) is 0.923. The molecule has 1 saturated heterocycles. The largest absolute Gasteiger partial charge is 0.353 e. The number of carbonyl (C=O) groups is 1. The second-order valence-corrected chi connectivity index (χ2v) is 6.70. The lowest BCUT2D eigenvalue weighted by molar-refractivity contribution is -0.123. The van der Waals surface area contributed by atoms with Crippen molar-refractivity contribution in [2.24, 2.45) is 0 Å². The lowest BCUT2D eigenvalue weighted by atomic mass is 9.80. The van der Waals surface area contributed by atoms with Crippen LogP contribution in [0.15, 0.2) is 0 Å². The number of carbonyl (C=O) groups excluding carboxylic acids is 1. The molecule has 1 unspecified atom stereocenters. The van der Waals surface area contributed by atoms with Crippen molar-refractivity contribution in [2.75, 3.05) is 32.3 Å². The van der Waals surface area contributed by atoms with Crippen LogP contribution in [0.2, 0.25) is 0 Å². The lowest BCUT2D eigenvalue weighted by Gasteiger charge is -2.43. The zero-order valence-electron chi connectivity index (χ0n) is 11.5. The fourth-order valence-electron chi connectivity index (χ4n) is 2.93. The Morgan fingerprint density at radius 1 is 1.39 bits per heavy atom. The molecule has 1 saturated carbocycles. The number of amides is 1. The first-order valence-electron chi connectivity index (χ1n) is 6.90. The molecule has 1 amide bonds. The van der Waals surface area contributed by atoms with E-state index in [1.165, 1.54) is 32.1 Å². The Morgan fingerprint density at radius 2 is 2.11 bits per heavy atom. The summed E-state index contributed by atoms with van der Waals surface area (Å²) >= 11 is 1.79. The van der Waals surface area contributed by atoms with Gasteiger partial charge in [-0.3, -0.25) is 10.1 Å². The summed E-state index contributed by atoms with van der Waals surface area (Å²) < 4.78 is 0. The first-order chi connectivity index (χ1) is 8.64. The Hall–Kier alpha value is -0.260. The number of thioether (sulfide) groups is 1. The molecule has 0 aromatic heterocycles. The van der Waals surface area contributed by atoms with Gasteiger partial charge < -0.3 is 10.2 Å². The number of hydrogen-bond donors (Lipinski definition) is 2. The van der Waals surface area contributed by atoms with Gasteiger partial charge in [0.05, 0.1) is 6.04 Å². The van der Waals surface area contributed by atoms with Crippen LogP contribution in [0.1, 0.15) is 32.1 Å². The predicted molar refractivity (Wildman–Crippen MR) is 76.8 cm³/mol. The molecule has 1 aliphatic carbocycles. The van der Waals surface area contributed by atoms with Gasteiger partial charge in [0.25, 0.3) is 0 Å². The van der Waals surface area contributed by atoms with Crippen molar-refractivity contribution >= 4 is 17.7 Å². The standard InChI is InChI=1S/C13H25N3OS/c1-16(2)13(6-4-3-5-7-13)9-14-12(17)11-8-18-10-15-11/h11,15H,3-10H2,1-2H3,(H,14,17). The molecule has 2 fully saturated rings. The third-order valence-corrected chi connectivity index (χ3v) is 5.30. The monoisotopic (exact) mass is 271 g/mol. The summed E-state index contributed by atoms with van der Waals surface area (Å²) in [5.41, 5.74) is 0.180. The molecule has 18 heavy (non-hydrogen) atoms. The maximum absolute atomic E-state index is 12.0.